The molecule has 112 valence electrons. The van der Waals surface area contributed by atoms with E-state index in [1.54, 1.807) is 0 Å². The average Bonchev–Trinajstić information content (AvgIpc) is 2.68. The maximum atomic E-state index is 12.6. The number of aromatic nitrogens is 1. The Morgan fingerprint density at radius 1 is 1.50 bits per heavy atom. The van der Waals surface area contributed by atoms with E-state index in [0.29, 0.717) is 17.8 Å². The number of carboxylic acid groups (broad SMARTS) is 1. The van der Waals surface area contributed by atoms with Crippen molar-refractivity contribution in [1.82, 2.24) is 9.29 Å². The summed E-state index contributed by atoms with van der Waals surface area (Å²) < 4.78 is 26.0. The SMILES string of the molecule is Cc1[nH]c(=O)sc1S(=O)(=O)N1CCC(C)CC1C(=O)O. The number of thiazole rings is 1. The van der Waals surface area contributed by atoms with Gasteiger partial charge < -0.3 is 10.1 Å². The number of hydrogen-bond donors (Lipinski definition) is 2. The van der Waals surface area contributed by atoms with Crippen LogP contribution in [0.5, 0.6) is 0 Å². The van der Waals surface area contributed by atoms with Crippen molar-refractivity contribution < 1.29 is 18.3 Å². The second kappa shape index (κ2) is 5.30. The molecule has 2 N–H and O–H groups in total. The molecule has 0 bridgehead atoms. The molecule has 0 spiro atoms. The van der Waals surface area contributed by atoms with Crippen LogP contribution in [-0.2, 0) is 14.8 Å². The van der Waals surface area contributed by atoms with Crippen molar-refractivity contribution in [2.24, 2.45) is 5.92 Å². The normalized spacial score (nSPS) is 24.7. The summed E-state index contributed by atoms with van der Waals surface area (Å²) in [6, 6.07) is -1.07. The zero-order chi connectivity index (χ0) is 15.1. The van der Waals surface area contributed by atoms with E-state index in [1.807, 2.05) is 6.92 Å². The lowest BCUT2D eigenvalue weighted by molar-refractivity contribution is -0.142. The predicted molar refractivity (Wildman–Crippen MR) is 73.4 cm³/mol. The third-order valence-electron chi connectivity index (χ3n) is 3.42. The molecule has 9 heteroatoms. The highest BCUT2D eigenvalue weighted by atomic mass is 32.2. The van der Waals surface area contributed by atoms with Crippen LogP contribution in [0, 0.1) is 12.8 Å². The van der Waals surface area contributed by atoms with E-state index >= 15 is 0 Å². The number of carboxylic acids is 1. The zero-order valence-electron chi connectivity index (χ0n) is 11.1. The van der Waals surface area contributed by atoms with Gasteiger partial charge in [-0.25, -0.2) is 8.42 Å². The van der Waals surface area contributed by atoms with Crippen molar-refractivity contribution in [3.8, 4) is 0 Å². The van der Waals surface area contributed by atoms with E-state index in [2.05, 4.69) is 4.98 Å². The molecule has 2 heterocycles. The van der Waals surface area contributed by atoms with E-state index < -0.39 is 26.9 Å². The fourth-order valence-electron chi connectivity index (χ4n) is 2.37. The molecular weight excluding hydrogens is 304 g/mol. The van der Waals surface area contributed by atoms with Gasteiger partial charge in [-0.2, -0.15) is 4.31 Å². The Hall–Kier alpha value is -1.19. The molecule has 2 rings (SSSR count). The van der Waals surface area contributed by atoms with Gasteiger partial charge in [-0.05, 0) is 25.7 Å². The molecule has 1 fully saturated rings. The highest BCUT2D eigenvalue weighted by Gasteiger charge is 2.41. The highest BCUT2D eigenvalue weighted by Crippen LogP contribution is 2.30. The number of nitrogens with zero attached hydrogens (tertiary/aromatic N) is 1. The Balaban J connectivity index is 2.44. The van der Waals surface area contributed by atoms with Gasteiger partial charge in [0.25, 0.3) is 10.0 Å². The second-order valence-electron chi connectivity index (χ2n) is 5.03. The summed E-state index contributed by atoms with van der Waals surface area (Å²) in [5.41, 5.74) is 0.253. The first kappa shape index (κ1) is 15.2. The fraction of sp³-hybridized carbons (Fsp3) is 0.636. The van der Waals surface area contributed by atoms with Crippen LogP contribution in [0.3, 0.4) is 0 Å². The standard InChI is InChI=1S/C11H16N2O5S2/c1-6-3-4-13(8(5-6)9(14)15)20(17,18)10-7(2)12-11(16)19-10/h6,8H,3-5H2,1-2H3,(H,12,16)(H,14,15). The van der Waals surface area contributed by atoms with Gasteiger partial charge in [0.2, 0.25) is 0 Å². The minimum atomic E-state index is -3.95. The minimum absolute atomic E-state index is 0.0942. The molecule has 2 unspecified atom stereocenters. The van der Waals surface area contributed by atoms with E-state index in [9.17, 15) is 23.1 Å². The van der Waals surface area contributed by atoms with Gasteiger partial charge in [0.15, 0.2) is 4.21 Å². The Kier molecular flexibility index (Phi) is 4.03. The molecule has 1 saturated heterocycles. The fourth-order valence-corrected chi connectivity index (χ4v) is 5.39. The molecule has 1 aliphatic rings. The summed E-state index contributed by atoms with van der Waals surface area (Å²) in [6.45, 7) is 3.55. The lowest BCUT2D eigenvalue weighted by Gasteiger charge is -2.34. The number of aryl methyl sites for hydroxylation is 1. The van der Waals surface area contributed by atoms with Crippen LogP contribution >= 0.6 is 11.3 Å². The van der Waals surface area contributed by atoms with Gasteiger partial charge in [0.05, 0.1) is 0 Å². The third-order valence-corrected chi connectivity index (χ3v) is 6.91. The molecule has 0 radical (unpaired) electrons. The summed E-state index contributed by atoms with van der Waals surface area (Å²) >= 11 is 0.596. The number of H-pyrrole nitrogens is 1. The lowest BCUT2D eigenvalue weighted by Crippen LogP contribution is -2.49. The molecule has 0 aromatic carbocycles. The Labute approximate surface area is 120 Å². The van der Waals surface area contributed by atoms with Crippen molar-refractivity contribution in [3.63, 3.8) is 0 Å². The summed E-state index contributed by atoms with van der Waals surface area (Å²) in [6.07, 6.45) is 0.897. The average molecular weight is 320 g/mol. The second-order valence-corrected chi connectivity index (χ2v) is 8.10. The zero-order valence-corrected chi connectivity index (χ0v) is 12.8. The molecule has 20 heavy (non-hydrogen) atoms. The van der Waals surface area contributed by atoms with Crippen LogP contribution in [0.1, 0.15) is 25.5 Å². The maximum Gasteiger partial charge on any atom is 0.322 e. The van der Waals surface area contributed by atoms with Gasteiger partial charge in [-0.15, -0.1) is 0 Å². The minimum Gasteiger partial charge on any atom is -0.480 e. The van der Waals surface area contributed by atoms with Crippen molar-refractivity contribution in [3.05, 3.63) is 15.4 Å². The monoisotopic (exact) mass is 320 g/mol. The Bertz CT molecular complexity index is 675. The summed E-state index contributed by atoms with van der Waals surface area (Å²) in [4.78, 5) is 24.5. The molecule has 0 amide bonds. The van der Waals surface area contributed by atoms with Crippen LogP contribution in [-0.4, -0.2) is 41.4 Å². The number of nitrogens with one attached hydrogen (secondary N) is 1. The van der Waals surface area contributed by atoms with Gasteiger partial charge in [-0.1, -0.05) is 18.3 Å². The van der Waals surface area contributed by atoms with Crippen molar-refractivity contribution >= 4 is 27.3 Å². The predicted octanol–water partition coefficient (Wildman–Crippen LogP) is 0.619. The van der Waals surface area contributed by atoms with Gasteiger partial charge in [0, 0.05) is 12.2 Å². The number of piperidine rings is 1. The van der Waals surface area contributed by atoms with E-state index in [4.69, 9.17) is 0 Å². The number of hydrogen-bond acceptors (Lipinski definition) is 5. The van der Waals surface area contributed by atoms with Crippen molar-refractivity contribution in [1.29, 1.82) is 0 Å². The van der Waals surface area contributed by atoms with Crippen LogP contribution < -0.4 is 4.87 Å². The van der Waals surface area contributed by atoms with Gasteiger partial charge >= 0.3 is 10.8 Å². The number of carbonyl (C=O) groups is 1. The lowest BCUT2D eigenvalue weighted by atomic mass is 9.94. The molecule has 0 aliphatic carbocycles. The Morgan fingerprint density at radius 3 is 2.65 bits per heavy atom. The summed E-state index contributed by atoms with van der Waals surface area (Å²) in [5.74, 6) is -0.991. The number of aliphatic carboxylic acids is 1. The van der Waals surface area contributed by atoms with Crippen LogP contribution in [0.25, 0.3) is 0 Å². The van der Waals surface area contributed by atoms with Gasteiger partial charge in [0.1, 0.15) is 6.04 Å². The summed E-state index contributed by atoms with van der Waals surface area (Å²) in [7, 11) is -3.95. The molecule has 0 saturated carbocycles. The molecule has 1 aliphatic heterocycles. The third kappa shape index (κ3) is 2.65. The Morgan fingerprint density at radius 2 is 2.15 bits per heavy atom. The first-order valence-electron chi connectivity index (χ1n) is 6.18. The van der Waals surface area contributed by atoms with Crippen LogP contribution in [0.4, 0.5) is 0 Å². The van der Waals surface area contributed by atoms with E-state index in [-0.39, 0.29) is 28.8 Å². The van der Waals surface area contributed by atoms with Crippen LogP contribution in [0.15, 0.2) is 9.00 Å². The van der Waals surface area contributed by atoms with Crippen LogP contribution in [0.2, 0.25) is 0 Å². The number of rotatable bonds is 3. The first-order valence-corrected chi connectivity index (χ1v) is 8.43. The molecule has 7 nitrogen and oxygen atoms in total. The number of sulfonamides is 1. The van der Waals surface area contributed by atoms with E-state index in [0.717, 1.165) is 4.31 Å². The number of aromatic amines is 1. The highest BCUT2D eigenvalue weighted by molar-refractivity contribution is 7.91. The largest absolute Gasteiger partial charge is 0.480 e. The first-order chi connectivity index (χ1) is 9.23. The smallest absolute Gasteiger partial charge is 0.322 e. The molecule has 1 aromatic rings. The van der Waals surface area contributed by atoms with Crippen molar-refractivity contribution in [2.45, 2.75) is 36.9 Å². The molecule has 1 aromatic heterocycles. The molecular formula is C11H16N2O5S2. The summed E-state index contributed by atoms with van der Waals surface area (Å²) in [5, 5.41) is 9.24. The molecule has 2 atom stereocenters. The van der Waals surface area contributed by atoms with Gasteiger partial charge in [-0.3, -0.25) is 9.59 Å². The topological polar surface area (TPSA) is 108 Å². The maximum absolute atomic E-state index is 12.6. The van der Waals surface area contributed by atoms with E-state index in [1.165, 1.54) is 6.92 Å². The van der Waals surface area contributed by atoms with Crippen molar-refractivity contribution in [2.75, 3.05) is 6.54 Å². The quantitative estimate of drug-likeness (QED) is 0.849.